The van der Waals surface area contributed by atoms with Gasteiger partial charge in [0.25, 0.3) is 0 Å². The van der Waals surface area contributed by atoms with E-state index < -0.39 is 0 Å². The number of hydrogen-bond acceptors (Lipinski definition) is 4. The quantitative estimate of drug-likeness (QED) is 0.777. The first-order valence-corrected chi connectivity index (χ1v) is 5.66. The number of rotatable bonds is 3. The molecule has 1 saturated heterocycles. The Bertz CT molecular complexity index is 381. The molecule has 1 aliphatic heterocycles. The molecule has 1 unspecified atom stereocenters. The molecule has 1 atom stereocenters. The van der Waals surface area contributed by atoms with Gasteiger partial charge in [0.15, 0.2) is 5.69 Å². The molecule has 5 heteroatoms. The molecule has 0 aliphatic carbocycles. The summed E-state index contributed by atoms with van der Waals surface area (Å²) in [5.74, 6) is -0.327. The summed E-state index contributed by atoms with van der Waals surface area (Å²) in [5, 5.41) is 7.54. The van der Waals surface area contributed by atoms with Crippen LogP contribution in [0, 0.1) is 0 Å². The fourth-order valence-electron chi connectivity index (χ4n) is 2.07. The average molecular weight is 223 g/mol. The van der Waals surface area contributed by atoms with Crippen molar-refractivity contribution in [2.45, 2.75) is 25.8 Å². The van der Waals surface area contributed by atoms with Crippen molar-refractivity contribution in [3.63, 3.8) is 0 Å². The average Bonchev–Trinajstić information content (AvgIpc) is 2.85. The second kappa shape index (κ2) is 4.65. The first kappa shape index (κ1) is 11.1. The van der Waals surface area contributed by atoms with E-state index >= 15 is 0 Å². The highest BCUT2D eigenvalue weighted by molar-refractivity contribution is 5.89. The molecule has 0 radical (unpaired) electrons. The maximum atomic E-state index is 11.7. The summed E-state index contributed by atoms with van der Waals surface area (Å²) in [5.41, 5.74) is 1.40. The van der Waals surface area contributed by atoms with Crippen molar-refractivity contribution < 1.29 is 9.53 Å². The van der Waals surface area contributed by atoms with E-state index in [-0.39, 0.29) is 12.0 Å². The van der Waals surface area contributed by atoms with Gasteiger partial charge in [0.05, 0.1) is 6.61 Å². The van der Waals surface area contributed by atoms with Crippen molar-refractivity contribution in [3.05, 3.63) is 17.5 Å². The minimum absolute atomic E-state index is 0.244. The number of ether oxygens (including phenoxy) is 1. The first-order valence-electron chi connectivity index (χ1n) is 5.66. The fourth-order valence-corrected chi connectivity index (χ4v) is 2.07. The van der Waals surface area contributed by atoms with Crippen LogP contribution in [0.15, 0.2) is 6.20 Å². The van der Waals surface area contributed by atoms with Crippen LogP contribution >= 0.6 is 0 Å². The van der Waals surface area contributed by atoms with Gasteiger partial charge in [-0.15, -0.1) is 0 Å². The molecular weight excluding hydrogens is 206 g/mol. The number of aromatic nitrogens is 2. The smallest absolute Gasteiger partial charge is 0.359 e. The Morgan fingerprint density at radius 1 is 1.75 bits per heavy atom. The van der Waals surface area contributed by atoms with Gasteiger partial charge in [0, 0.05) is 24.8 Å². The third kappa shape index (κ3) is 2.09. The zero-order chi connectivity index (χ0) is 11.5. The predicted octanol–water partition coefficient (Wildman–Crippen LogP) is 1.02. The van der Waals surface area contributed by atoms with Crippen molar-refractivity contribution in [1.82, 2.24) is 15.1 Å². The highest BCUT2D eigenvalue weighted by Gasteiger charge is 2.25. The van der Waals surface area contributed by atoms with Gasteiger partial charge < -0.3 is 10.1 Å². The van der Waals surface area contributed by atoms with Gasteiger partial charge in [-0.25, -0.2) is 4.79 Å². The van der Waals surface area contributed by atoms with Gasteiger partial charge in [-0.2, -0.15) is 5.10 Å². The molecule has 0 saturated carbocycles. The number of esters is 1. The number of carbonyl (C=O) groups excluding carboxylic acids is 1. The Labute approximate surface area is 94.8 Å². The first-order chi connectivity index (χ1) is 7.72. The highest BCUT2D eigenvalue weighted by Crippen LogP contribution is 2.25. The summed E-state index contributed by atoms with van der Waals surface area (Å²) in [6.45, 7) is 3.18. The summed E-state index contributed by atoms with van der Waals surface area (Å²) >= 11 is 0. The van der Waals surface area contributed by atoms with E-state index in [0.717, 1.165) is 24.9 Å². The second-order valence-electron chi connectivity index (χ2n) is 3.98. The van der Waals surface area contributed by atoms with Gasteiger partial charge >= 0.3 is 5.97 Å². The number of nitrogens with zero attached hydrogens (tertiary/aromatic N) is 2. The van der Waals surface area contributed by atoms with Gasteiger partial charge in [-0.05, 0) is 26.3 Å². The van der Waals surface area contributed by atoms with Crippen LogP contribution in [0.4, 0.5) is 0 Å². The highest BCUT2D eigenvalue weighted by atomic mass is 16.5. The minimum atomic E-state index is -0.327. The maximum Gasteiger partial charge on any atom is 0.359 e. The molecule has 1 fully saturated rings. The van der Waals surface area contributed by atoms with Crippen LogP contribution in [0.3, 0.4) is 0 Å². The summed E-state index contributed by atoms with van der Waals surface area (Å²) < 4.78 is 6.67. The molecule has 1 aliphatic rings. The van der Waals surface area contributed by atoms with E-state index in [1.807, 2.05) is 13.2 Å². The number of hydrogen-bond donors (Lipinski definition) is 1. The summed E-state index contributed by atoms with van der Waals surface area (Å²) in [7, 11) is 1.82. The molecule has 0 spiro atoms. The van der Waals surface area contributed by atoms with E-state index in [0.29, 0.717) is 12.3 Å². The summed E-state index contributed by atoms with van der Waals surface area (Å²) in [4.78, 5) is 11.7. The third-order valence-corrected chi connectivity index (χ3v) is 2.76. The molecule has 1 aromatic rings. The topological polar surface area (TPSA) is 56.1 Å². The third-order valence-electron chi connectivity index (χ3n) is 2.76. The number of aryl methyl sites for hydroxylation is 1. The summed E-state index contributed by atoms with van der Waals surface area (Å²) in [6, 6.07) is 0.244. The van der Waals surface area contributed by atoms with Crippen molar-refractivity contribution in [2.24, 2.45) is 7.05 Å². The van der Waals surface area contributed by atoms with Gasteiger partial charge in [0.2, 0.25) is 0 Å². The lowest BCUT2D eigenvalue weighted by molar-refractivity contribution is 0.0516. The molecule has 16 heavy (non-hydrogen) atoms. The zero-order valence-electron chi connectivity index (χ0n) is 9.69. The molecule has 5 nitrogen and oxygen atoms in total. The van der Waals surface area contributed by atoms with Crippen LogP contribution in [0.5, 0.6) is 0 Å². The van der Waals surface area contributed by atoms with E-state index in [2.05, 4.69) is 10.4 Å². The predicted molar refractivity (Wildman–Crippen MR) is 59.1 cm³/mol. The number of nitrogens with one attached hydrogen (secondary N) is 1. The van der Waals surface area contributed by atoms with Crippen LogP contribution in [-0.2, 0) is 11.8 Å². The monoisotopic (exact) mass is 223 g/mol. The normalized spacial score (nSPS) is 20.0. The summed E-state index contributed by atoms with van der Waals surface area (Å²) in [6.07, 6.45) is 4.09. The molecule has 2 rings (SSSR count). The largest absolute Gasteiger partial charge is 0.461 e. The van der Waals surface area contributed by atoms with Gasteiger partial charge in [0.1, 0.15) is 0 Å². The molecule has 1 N–H and O–H groups in total. The Balaban J connectivity index is 2.25. The molecule has 2 heterocycles. The van der Waals surface area contributed by atoms with Crippen LogP contribution in [0.25, 0.3) is 0 Å². The van der Waals surface area contributed by atoms with Crippen LogP contribution < -0.4 is 5.32 Å². The van der Waals surface area contributed by atoms with E-state index in [4.69, 9.17) is 4.74 Å². The molecule has 0 bridgehead atoms. The second-order valence-corrected chi connectivity index (χ2v) is 3.98. The van der Waals surface area contributed by atoms with Gasteiger partial charge in [-0.1, -0.05) is 0 Å². The lowest BCUT2D eigenvalue weighted by Gasteiger charge is -2.09. The molecule has 1 aromatic heterocycles. The van der Waals surface area contributed by atoms with Crippen LogP contribution in [-0.4, -0.2) is 28.9 Å². The maximum absolute atomic E-state index is 11.7. The molecule has 88 valence electrons. The van der Waals surface area contributed by atoms with E-state index in [1.165, 1.54) is 0 Å². The van der Waals surface area contributed by atoms with E-state index in [9.17, 15) is 4.79 Å². The standard InChI is InChI=1S/C11H17N3O2/c1-3-16-11(15)10-8(7-14(2)13-10)9-5-4-6-12-9/h7,9,12H,3-6H2,1-2H3. The lowest BCUT2D eigenvalue weighted by atomic mass is 10.1. The molecule has 0 amide bonds. The van der Waals surface area contributed by atoms with Crippen molar-refractivity contribution in [2.75, 3.05) is 13.2 Å². The van der Waals surface area contributed by atoms with Crippen LogP contribution in [0.1, 0.15) is 41.9 Å². The van der Waals surface area contributed by atoms with E-state index in [1.54, 1.807) is 11.6 Å². The fraction of sp³-hybridized carbons (Fsp3) is 0.636. The Morgan fingerprint density at radius 3 is 3.19 bits per heavy atom. The molecular formula is C11H17N3O2. The SMILES string of the molecule is CCOC(=O)c1nn(C)cc1C1CCCN1. The van der Waals surface area contributed by atoms with Crippen molar-refractivity contribution in [3.8, 4) is 0 Å². The Kier molecular flexibility index (Phi) is 3.24. The van der Waals surface area contributed by atoms with Crippen molar-refractivity contribution in [1.29, 1.82) is 0 Å². The minimum Gasteiger partial charge on any atom is -0.461 e. The zero-order valence-corrected chi connectivity index (χ0v) is 9.69. The lowest BCUT2D eigenvalue weighted by Crippen LogP contribution is -2.16. The molecule has 0 aromatic carbocycles. The number of carbonyl (C=O) groups is 1. The van der Waals surface area contributed by atoms with Crippen molar-refractivity contribution >= 4 is 5.97 Å². The van der Waals surface area contributed by atoms with Crippen LogP contribution in [0.2, 0.25) is 0 Å². The van der Waals surface area contributed by atoms with Gasteiger partial charge in [-0.3, -0.25) is 4.68 Å². The Morgan fingerprint density at radius 2 is 2.56 bits per heavy atom. The Hall–Kier alpha value is -1.36.